The van der Waals surface area contributed by atoms with Gasteiger partial charge in [-0.25, -0.2) is 0 Å². The first kappa shape index (κ1) is 25.9. The van der Waals surface area contributed by atoms with Gasteiger partial charge in [0.25, 0.3) is 5.91 Å². The maximum absolute atomic E-state index is 10.8. The summed E-state index contributed by atoms with van der Waals surface area (Å²) in [5.74, 6) is 0.340. The number of piperazine rings is 1. The van der Waals surface area contributed by atoms with E-state index < -0.39 is 5.91 Å². The van der Waals surface area contributed by atoms with Gasteiger partial charge < -0.3 is 25.5 Å². The summed E-state index contributed by atoms with van der Waals surface area (Å²) in [6, 6.07) is 13.6. The lowest BCUT2D eigenvalue weighted by Crippen LogP contribution is -2.48. The molecule has 1 aromatic heterocycles. The first-order chi connectivity index (χ1) is 16.4. The van der Waals surface area contributed by atoms with Gasteiger partial charge >= 0.3 is 0 Å². The SMILES string of the molecule is CCc1cc(Cl)c(OC)c(N2CCN(CC(O)CC)CC2)c1.NC(=O)c1cc2ccccc2[nH]1. The zero-order chi connectivity index (χ0) is 24.7. The molecule has 0 bridgehead atoms. The van der Waals surface area contributed by atoms with E-state index in [2.05, 4.69) is 27.8 Å². The Hall–Kier alpha value is -2.74. The molecule has 7 nitrogen and oxygen atoms in total. The van der Waals surface area contributed by atoms with Crippen LogP contribution >= 0.6 is 11.6 Å². The average molecular weight is 487 g/mol. The van der Waals surface area contributed by atoms with Crippen molar-refractivity contribution in [3.8, 4) is 5.75 Å². The molecule has 1 unspecified atom stereocenters. The standard InChI is InChI=1S/C17H27ClN2O2.C9H8N2O/c1-4-13-10-15(18)17(22-3)16(11-13)20-8-6-19(7-9-20)12-14(21)5-2;10-9(12)8-5-6-3-1-2-4-7(6)11-8/h10-11,14,21H,4-9,12H2,1-3H3;1-5,11H,(H2,10,12). The molecule has 1 fully saturated rings. The van der Waals surface area contributed by atoms with Gasteiger partial charge in [-0.2, -0.15) is 0 Å². The van der Waals surface area contributed by atoms with Crippen LogP contribution in [-0.2, 0) is 6.42 Å². The number of fused-ring (bicyclic) bond motifs is 1. The maximum Gasteiger partial charge on any atom is 0.265 e. The summed E-state index contributed by atoms with van der Waals surface area (Å²) in [7, 11) is 1.67. The number of carbonyl (C=O) groups excluding carboxylic acids is 1. The molecule has 4 N–H and O–H groups in total. The van der Waals surface area contributed by atoms with Crippen LogP contribution in [0.5, 0.6) is 5.75 Å². The molecule has 1 aliphatic heterocycles. The number of aliphatic hydroxyl groups excluding tert-OH is 1. The third kappa shape index (κ3) is 6.44. The molecular formula is C26H35ClN4O3. The summed E-state index contributed by atoms with van der Waals surface area (Å²) >= 11 is 6.35. The molecule has 0 saturated carbocycles. The number of nitrogens with two attached hydrogens (primary N) is 1. The smallest absolute Gasteiger partial charge is 0.265 e. The number of aromatic amines is 1. The minimum atomic E-state index is -0.425. The van der Waals surface area contributed by atoms with E-state index in [-0.39, 0.29) is 6.10 Å². The van der Waals surface area contributed by atoms with Crippen LogP contribution in [-0.4, -0.2) is 66.8 Å². The molecular weight excluding hydrogens is 452 g/mol. The van der Waals surface area contributed by atoms with Crippen LogP contribution in [0, 0.1) is 0 Å². The number of β-amino-alcohol motifs (C(OH)–C–C–N with tert-alkyl or cyclic N) is 1. The summed E-state index contributed by atoms with van der Waals surface area (Å²) in [6.07, 6.45) is 1.54. The number of hydrogen-bond acceptors (Lipinski definition) is 5. The number of nitrogens with zero attached hydrogens (tertiary/aromatic N) is 2. The number of nitrogens with one attached hydrogen (secondary N) is 1. The molecule has 0 aliphatic carbocycles. The normalized spacial score (nSPS) is 15.0. The lowest BCUT2D eigenvalue weighted by atomic mass is 10.1. The van der Waals surface area contributed by atoms with Crippen LogP contribution in [0.2, 0.25) is 5.02 Å². The van der Waals surface area contributed by atoms with Crippen molar-refractivity contribution >= 4 is 34.1 Å². The Morgan fingerprint density at radius 1 is 1.18 bits per heavy atom. The molecule has 3 aromatic rings. The Balaban J connectivity index is 0.000000226. The number of benzene rings is 2. The highest BCUT2D eigenvalue weighted by molar-refractivity contribution is 6.32. The van der Waals surface area contributed by atoms with Crippen molar-refractivity contribution < 1.29 is 14.6 Å². The second kappa shape index (κ2) is 12.1. The van der Waals surface area contributed by atoms with E-state index >= 15 is 0 Å². The zero-order valence-electron chi connectivity index (χ0n) is 20.2. The summed E-state index contributed by atoms with van der Waals surface area (Å²) in [6.45, 7) is 8.67. The number of halogens is 1. The summed E-state index contributed by atoms with van der Waals surface area (Å²) in [4.78, 5) is 18.3. The molecule has 0 spiro atoms. The third-order valence-electron chi connectivity index (χ3n) is 6.14. The minimum absolute atomic E-state index is 0.223. The Morgan fingerprint density at radius 3 is 2.47 bits per heavy atom. The fourth-order valence-corrected chi connectivity index (χ4v) is 4.39. The van der Waals surface area contributed by atoms with Crippen molar-refractivity contribution in [1.82, 2.24) is 9.88 Å². The van der Waals surface area contributed by atoms with E-state index in [9.17, 15) is 9.90 Å². The lowest BCUT2D eigenvalue weighted by Gasteiger charge is -2.37. The highest BCUT2D eigenvalue weighted by atomic mass is 35.5. The van der Waals surface area contributed by atoms with Crippen molar-refractivity contribution in [2.24, 2.45) is 5.73 Å². The molecule has 4 rings (SSSR count). The quantitative estimate of drug-likeness (QED) is 0.468. The second-order valence-corrected chi connectivity index (χ2v) is 8.88. The van der Waals surface area contributed by atoms with Crippen LogP contribution in [0.25, 0.3) is 10.9 Å². The molecule has 184 valence electrons. The van der Waals surface area contributed by atoms with Crippen LogP contribution in [0.1, 0.15) is 36.3 Å². The Bertz CT molecular complexity index is 1060. The predicted octanol–water partition coefficient (Wildman–Crippen LogP) is 4.07. The molecule has 34 heavy (non-hydrogen) atoms. The van der Waals surface area contributed by atoms with Gasteiger partial charge in [0, 0.05) is 43.6 Å². The fraction of sp³-hybridized carbons (Fsp3) is 0.423. The van der Waals surface area contributed by atoms with Gasteiger partial charge in [0.2, 0.25) is 0 Å². The molecule has 2 heterocycles. The number of amides is 1. The molecule has 1 aliphatic rings. The molecule has 0 radical (unpaired) electrons. The van der Waals surface area contributed by atoms with Gasteiger partial charge in [-0.1, -0.05) is 43.6 Å². The number of H-pyrrole nitrogens is 1. The fourth-order valence-electron chi connectivity index (χ4n) is 4.08. The number of methoxy groups -OCH3 is 1. The van der Waals surface area contributed by atoms with E-state index in [0.29, 0.717) is 10.7 Å². The van der Waals surface area contributed by atoms with Crippen LogP contribution in [0.3, 0.4) is 0 Å². The molecule has 2 aromatic carbocycles. The van der Waals surface area contributed by atoms with Crippen molar-refractivity contribution in [2.45, 2.75) is 32.8 Å². The van der Waals surface area contributed by atoms with Gasteiger partial charge in [-0.05, 0) is 42.7 Å². The zero-order valence-corrected chi connectivity index (χ0v) is 20.9. The number of carbonyl (C=O) groups is 1. The number of aryl methyl sites for hydroxylation is 1. The van der Waals surface area contributed by atoms with Gasteiger partial charge in [-0.3, -0.25) is 9.69 Å². The highest BCUT2D eigenvalue weighted by Gasteiger charge is 2.22. The summed E-state index contributed by atoms with van der Waals surface area (Å²) in [5, 5.41) is 11.5. The van der Waals surface area contributed by atoms with Crippen LogP contribution in [0.15, 0.2) is 42.5 Å². The number of aromatic nitrogens is 1. The topological polar surface area (TPSA) is 94.8 Å². The van der Waals surface area contributed by atoms with Gasteiger partial charge in [0.15, 0.2) is 5.75 Å². The minimum Gasteiger partial charge on any atom is -0.493 e. The number of ether oxygens (including phenoxy) is 1. The Labute approximate surface area is 206 Å². The molecule has 1 atom stereocenters. The predicted molar refractivity (Wildman–Crippen MR) is 139 cm³/mol. The van der Waals surface area contributed by atoms with E-state index in [1.165, 1.54) is 5.56 Å². The van der Waals surface area contributed by atoms with E-state index in [1.807, 2.05) is 37.3 Å². The largest absolute Gasteiger partial charge is 0.493 e. The Kier molecular flexibility index (Phi) is 9.21. The van der Waals surface area contributed by atoms with E-state index in [1.54, 1.807) is 13.2 Å². The van der Waals surface area contributed by atoms with Crippen molar-refractivity contribution in [2.75, 3.05) is 44.7 Å². The lowest BCUT2D eigenvalue weighted by molar-refractivity contribution is 0.0996. The van der Waals surface area contributed by atoms with Crippen LogP contribution < -0.4 is 15.4 Å². The van der Waals surface area contributed by atoms with Crippen molar-refractivity contribution in [3.05, 3.63) is 58.7 Å². The summed E-state index contributed by atoms with van der Waals surface area (Å²) in [5.41, 5.74) is 8.81. The number of rotatable bonds is 7. The maximum atomic E-state index is 10.8. The number of anilines is 1. The van der Waals surface area contributed by atoms with E-state index in [4.69, 9.17) is 22.1 Å². The van der Waals surface area contributed by atoms with Crippen LogP contribution in [0.4, 0.5) is 5.69 Å². The first-order valence-corrected chi connectivity index (χ1v) is 12.1. The number of para-hydroxylation sites is 1. The third-order valence-corrected chi connectivity index (χ3v) is 6.43. The molecule has 1 amide bonds. The molecule has 1 saturated heterocycles. The van der Waals surface area contributed by atoms with Gasteiger partial charge in [-0.15, -0.1) is 0 Å². The van der Waals surface area contributed by atoms with Gasteiger partial charge in [0.1, 0.15) is 5.69 Å². The Morgan fingerprint density at radius 2 is 1.88 bits per heavy atom. The first-order valence-electron chi connectivity index (χ1n) is 11.8. The van der Waals surface area contributed by atoms with Crippen molar-refractivity contribution in [3.63, 3.8) is 0 Å². The van der Waals surface area contributed by atoms with Crippen molar-refractivity contribution in [1.29, 1.82) is 0 Å². The summed E-state index contributed by atoms with van der Waals surface area (Å²) < 4.78 is 5.51. The number of hydrogen-bond donors (Lipinski definition) is 3. The molecule has 8 heteroatoms. The van der Waals surface area contributed by atoms with E-state index in [0.717, 1.165) is 67.9 Å². The number of aliphatic hydroxyl groups is 1. The van der Waals surface area contributed by atoms with Gasteiger partial charge in [0.05, 0.1) is 23.9 Å². The highest BCUT2D eigenvalue weighted by Crippen LogP contribution is 2.37. The average Bonchev–Trinajstić information content (AvgIpc) is 3.29. The monoisotopic (exact) mass is 486 g/mol. The number of primary amides is 1. The second-order valence-electron chi connectivity index (χ2n) is 8.47.